The van der Waals surface area contributed by atoms with E-state index < -0.39 is 26.9 Å². The van der Waals surface area contributed by atoms with Gasteiger partial charge in [-0.1, -0.05) is 19.1 Å². The van der Waals surface area contributed by atoms with E-state index in [4.69, 9.17) is 4.74 Å². The first kappa shape index (κ1) is 23.1. The average molecular weight is 436 g/mol. The summed E-state index contributed by atoms with van der Waals surface area (Å²) in [6, 6.07) is 8.08. The van der Waals surface area contributed by atoms with Crippen LogP contribution in [0.4, 0.5) is 17.1 Å². The lowest BCUT2D eigenvalue weighted by atomic mass is 10.1. The van der Waals surface area contributed by atoms with Crippen LogP contribution in [0.25, 0.3) is 0 Å². The lowest BCUT2D eigenvalue weighted by Gasteiger charge is -2.31. The molecule has 1 N–H and O–H groups in total. The van der Waals surface area contributed by atoms with Gasteiger partial charge in [0.1, 0.15) is 11.8 Å². The molecular formula is C20H25N3O6S. The van der Waals surface area contributed by atoms with Crippen LogP contribution in [0.15, 0.2) is 36.4 Å². The number of anilines is 2. The van der Waals surface area contributed by atoms with Crippen molar-refractivity contribution in [1.29, 1.82) is 0 Å². The summed E-state index contributed by atoms with van der Waals surface area (Å²) in [6.07, 6.45) is 1.22. The first-order chi connectivity index (χ1) is 14.0. The van der Waals surface area contributed by atoms with E-state index in [9.17, 15) is 23.3 Å². The summed E-state index contributed by atoms with van der Waals surface area (Å²) < 4.78 is 31.6. The highest BCUT2D eigenvalue weighted by atomic mass is 32.2. The summed E-state index contributed by atoms with van der Waals surface area (Å²) in [5.74, 6) is -0.399. The smallest absolute Gasteiger partial charge is 0.271 e. The molecule has 30 heavy (non-hydrogen) atoms. The number of hydrogen-bond acceptors (Lipinski definition) is 6. The maximum Gasteiger partial charge on any atom is 0.271 e. The molecule has 1 amide bonds. The predicted octanol–water partition coefficient (Wildman–Crippen LogP) is 3.40. The number of amides is 1. The van der Waals surface area contributed by atoms with E-state index in [2.05, 4.69) is 5.32 Å². The number of ether oxygens (including phenoxy) is 1. The number of nitrogens with zero attached hydrogens (tertiary/aromatic N) is 2. The van der Waals surface area contributed by atoms with Crippen LogP contribution in [-0.2, 0) is 14.8 Å². The van der Waals surface area contributed by atoms with Gasteiger partial charge in [0.15, 0.2) is 0 Å². The van der Waals surface area contributed by atoms with Gasteiger partial charge in [-0.15, -0.1) is 0 Å². The molecule has 0 fully saturated rings. The largest absolute Gasteiger partial charge is 0.495 e. The van der Waals surface area contributed by atoms with Crippen LogP contribution in [0.5, 0.6) is 5.75 Å². The minimum absolute atomic E-state index is 0.0876. The van der Waals surface area contributed by atoms with Crippen molar-refractivity contribution in [3.63, 3.8) is 0 Å². The van der Waals surface area contributed by atoms with Crippen LogP contribution >= 0.6 is 0 Å². The molecule has 1 atom stereocenters. The first-order valence-electron chi connectivity index (χ1n) is 9.19. The highest BCUT2D eigenvalue weighted by Gasteiger charge is 2.33. The molecule has 0 spiro atoms. The van der Waals surface area contributed by atoms with Crippen molar-refractivity contribution in [1.82, 2.24) is 0 Å². The van der Waals surface area contributed by atoms with Crippen molar-refractivity contribution < 1.29 is 22.9 Å². The molecule has 2 aromatic carbocycles. The van der Waals surface area contributed by atoms with Gasteiger partial charge >= 0.3 is 0 Å². The number of nitro benzene ring substituents is 1. The van der Waals surface area contributed by atoms with E-state index in [0.29, 0.717) is 11.3 Å². The van der Waals surface area contributed by atoms with E-state index >= 15 is 0 Å². The first-order valence-corrected chi connectivity index (χ1v) is 11.0. The van der Waals surface area contributed by atoms with Crippen LogP contribution in [0.3, 0.4) is 0 Å². The third kappa shape index (κ3) is 5.07. The molecule has 0 aliphatic rings. The van der Waals surface area contributed by atoms with E-state index in [1.54, 1.807) is 26.0 Å². The predicted molar refractivity (Wildman–Crippen MR) is 116 cm³/mol. The number of sulfonamides is 1. The highest BCUT2D eigenvalue weighted by Crippen LogP contribution is 2.31. The van der Waals surface area contributed by atoms with Gasteiger partial charge in [0.25, 0.3) is 5.69 Å². The van der Waals surface area contributed by atoms with Gasteiger partial charge < -0.3 is 10.1 Å². The van der Waals surface area contributed by atoms with Gasteiger partial charge in [0.2, 0.25) is 15.9 Å². The van der Waals surface area contributed by atoms with Gasteiger partial charge in [-0.3, -0.25) is 19.2 Å². The summed E-state index contributed by atoms with van der Waals surface area (Å²) in [5.41, 5.74) is 1.81. The molecule has 0 aliphatic heterocycles. The third-order valence-electron chi connectivity index (χ3n) is 4.58. The molecule has 9 nitrogen and oxygen atoms in total. The van der Waals surface area contributed by atoms with E-state index in [1.807, 2.05) is 13.0 Å². The standard InChI is InChI=1S/C20H25N3O6S/c1-6-17(22(30(5,27)28)18-11-13(2)7-8-14(18)3)20(24)21-16-12-15(23(25)26)9-10-19(16)29-4/h7-12,17H,6H2,1-5H3,(H,21,24)/t17-/m1/s1. The van der Waals surface area contributed by atoms with Crippen molar-refractivity contribution in [2.24, 2.45) is 0 Å². The minimum Gasteiger partial charge on any atom is -0.495 e. The van der Waals surface area contributed by atoms with Crippen LogP contribution in [0.2, 0.25) is 0 Å². The molecule has 0 bridgehead atoms. The van der Waals surface area contributed by atoms with Crippen molar-refractivity contribution in [2.45, 2.75) is 33.2 Å². The number of aryl methyl sites for hydroxylation is 2. The summed E-state index contributed by atoms with van der Waals surface area (Å²) >= 11 is 0. The van der Waals surface area contributed by atoms with Gasteiger partial charge in [-0.05, 0) is 43.5 Å². The van der Waals surface area contributed by atoms with E-state index in [-0.39, 0.29) is 23.5 Å². The zero-order chi connectivity index (χ0) is 22.6. The average Bonchev–Trinajstić information content (AvgIpc) is 2.66. The molecule has 0 saturated carbocycles. The van der Waals surface area contributed by atoms with Crippen LogP contribution in [0, 0.1) is 24.0 Å². The highest BCUT2D eigenvalue weighted by molar-refractivity contribution is 7.92. The second-order valence-electron chi connectivity index (χ2n) is 6.90. The Morgan fingerprint density at radius 3 is 2.43 bits per heavy atom. The Labute approximate surface area is 175 Å². The molecule has 0 aliphatic carbocycles. The Morgan fingerprint density at radius 2 is 1.90 bits per heavy atom. The summed E-state index contributed by atoms with van der Waals surface area (Å²) in [5, 5.41) is 13.7. The summed E-state index contributed by atoms with van der Waals surface area (Å²) in [7, 11) is -2.44. The minimum atomic E-state index is -3.81. The molecule has 10 heteroatoms. The fraction of sp³-hybridized carbons (Fsp3) is 0.350. The summed E-state index contributed by atoms with van der Waals surface area (Å²) in [6.45, 7) is 5.29. The zero-order valence-corrected chi connectivity index (χ0v) is 18.3. The number of rotatable bonds is 8. The van der Waals surface area contributed by atoms with Crippen LogP contribution < -0.4 is 14.4 Å². The second kappa shape index (κ2) is 9.12. The maximum atomic E-state index is 13.1. The van der Waals surface area contributed by atoms with E-state index in [1.165, 1.54) is 25.3 Å². The second-order valence-corrected chi connectivity index (χ2v) is 8.76. The number of non-ortho nitro benzene ring substituents is 1. The number of methoxy groups -OCH3 is 1. The summed E-state index contributed by atoms with van der Waals surface area (Å²) in [4.78, 5) is 23.6. The molecule has 0 radical (unpaired) electrons. The normalized spacial score (nSPS) is 12.2. The zero-order valence-electron chi connectivity index (χ0n) is 17.5. The number of benzene rings is 2. The number of hydrogen-bond donors (Lipinski definition) is 1. The quantitative estimate of drug-likeness (QED) is 0.501. The van der Waals surface area contributed by atoms with Crippen molar-refractivity contribution >= 4 is 33.0 Å². The molecule has 0 aromatic heterocycles. The molecular weight excluding hydrogens is 410 g/mol. The molecule has 2 aromatic rings. The number of nitrogens with one attached hydrogen (secondary N) is 1. The van der Waals surface area contributed by atoms with Gasteiger partial charge in [0.05, 0.1) is 29.7 Å². The number of nitro groups is 1. The molecule has 162 valence electrons. The SMILES string of the molecule is CC[C@H](C(=O)Nc1cc([N+](=O)[O-])ccc1OC)N(c1cc(C)ccc1C)S(C)(=O)=O. The molecule has 0 saturated heterocycles. The lowest BCUT2D eigenvalue weighted by molar-refractivity contribution is -0.384. The Morgan fingerprint density at radius 1 is 1.23 bits per heavy atom. The molecule has 2 rings (SSSR count). The monoisotopic (exact) mass is 435 g/mol. The Balaban J connectivity index is 2.51. The number of carbonyl (C=O) groups excluding carboxylic acids is 1. The van der Waals surface area contributed by atoms with Crippen molar-refractivity contribution in [3.05, 3.63) is 57.6 Å². The van der Waals surface area contributed by atoms with Crippen molar-refractivity contribution in [2.75, 3.05) is 23.0 Å². The lowest BCUT2D eigenvalue weighted by Crippen LogP contribution is -2.47. The molecule has 0 heterocycles. The van der Waals surface area contributed by atoms with Gasteiger partial charge in [0, 0.05) is 12.1 Å². The topological polar surface area (TPSA) is 119 Å². The van der Waals surface area contributed by atoms with Crippen LogP contribution in [-0.4, -0.2) is 38.7 Å². The Kier molecular flexibility index (Phi) is 7.04. The van der Waals surface area contributed by atoms with Gasteiger partial charge in [-0.25, -0.2) is 8.42 Å². The van der Waals surface area contributed by atoms with Crippen LogP contribution in [0.1, 0.15) is 24.5 Å². The fourth-order valence-corrected chi connectivity index (χ4v) is 4.38. The maximum absolute atomic E-state index is 13.1. The van der Waals surface area contributed by atoms with E-state index in [0.717, 1.165) is 16.1 Å². The third-order valence-corrected chi connectivity index (χ3v) is 5.75. The fourth-order valence-electron chi connectivity index (χ4n) is 3.12. The van der Waals surface area contributed by atoms with Crippen molar-refractivity contribution in [3.8, 4) is 5.75 Å². The Hall–Kier alpha value is -3.14. The number of carbonyl (C=O) groups is 1. The van der Waals surface area contributed by atoms with Gasteiger partial charge in [-0.2, -0.15) is 0 Å². The Bertz CT molecular complexity index is 1070. The molecule has 0 unspecified atom stereocenters.